The highest BCUT2D eigenvalue weighted by Gasteiger charge is 2.11. The highest BCUT2D eigenvalue weighted by Crippen LogP contribution is 2.28. The van der Waals surface area contributed by atoms with Gasteiger partial charge in [-0.3, -0.25) is 4.79 Å². The standard InChI is InChI=1S/C16H26N2O3/c1-12(2)11-21-14-7-6-13(10-15(14)20-4)16(19)18-9-5-8-17-3/h6-7,10,12,17H,5,8-9,11H2,1-4H3,(H,18,19). The Hall–Kier alpha value is -1.75. The van der Waals surface area contributed by atoms with Crippen LogP contribution in [0.2, 0.25) is 0 Å². The Labute approximate surface area is 127 Å². The van der Waals surface area contributed by atoms with Gasteiger partial charge in [0, 0.05) is 12.1 Å². The fraction of sp³-hybridized carbons (Fsp3) is 0.562. The summed E-state index contributed by atoms with van der Waals surface area (Å²) in [7, 11) is 3.47. The second-order valence-corrected chi connectivity index (χ2v) is 5.28. The average molecular weight is 294 g/mol. The van der Waals surface area contributed by atoms with E-state index in [1.807, 2.05) is 7.05 Å². The molecule has 0 aliphatic heterocycles. The van der Waals surface area contributed by atoms with Crippen LogP contribution in [0.3, 0.4) is 0 Å². The molecule has 0 aliphatic rings. The van der Waals surface area contributed by atoms with E-state index in [0.29, 0.717) is 36.1 Å². The summed E-state index contributed by atoms with van der Waals surface area (Å²) >= 11 is 0. The van der Waals surface area contributed by atoms with E-state index in [1.54, 1.807) is 25.3 Å². The zero-order valence-corrected chi connectivity index (χ0v) is 13.4. The van der Waals surface area contributed by atoms with Crippen molar-refractivity contribution in [3.8, 4) is 11.5 Å². The molecule has 0 aromatic heterocycles. The normalized spacial score (nSPS) is 10.5. The number of benzene rings is 1. The molecule has 5 heteroatoms. The Morgan fingerprint density at radius 2 is 2.00 bits per heavy atom. The van der Waals surface area contributed by atoms with Gasteiger partial charge in [0.2, 0.25) is 0 Å². The van der Waals surface area contributed by atoms with Gasteiger partial charge in [-0.1, -0.05) is 13.8 Å². The van der Waals surface area contributed by atoms with E-state index in [4.69, 9.17) is 9.47 Å². The number of methoxy groups -OCH3 is 1. The molecule has 0 radical (unpaired) electrons. The molecule has 0 atom stereocenters. The van der Waals surface area contributed by atoms with E-state index < -0.39 is 0 Å². The zero-order chi connectivity index (χ0) is 15.7. The summed E-state index contributed by atoms with van der Waals surface area (Å²) < 4.78 is 11.0. The molecule has 0 saturated heterocycles. The summed E-state index contributed by atoms with van der Waals surface area (Å²) in [5.41, 5.74) is 0.577. The quantitative estimate of drug-likeness (QED) is 0.685. The molecular weight excluding hydrogens is 268 g/mol. The van der Waals surface area contributed by atoms with Gasteiger partial charge in [-0.2, -0.15) is 0 Å². The molecule has 118 valence electrons. The highest BCUT2D eigenvalue weighted by molar-refractivity contribution is 5.94. The maximum Gasteiger partial charge on any atom is 0.251 e. The average Bonchev–Trinajstić information content (AvgIpc) is 2.49. The minimum absolute atomic E-state index is 0.0974. The van der Waals surface area contributed by atoms with Gasteiger partial charge in [0.25, 0.3) is 5.91 Å². The van der Waals surface area contributed by atoms with E-state index in [0.717, 1.165) is 13.0 Å². The second-order valence-electron chi connectivity index (χ2n) is 5.28. The Morgan fingerprint density at radius 3 is 2.62 bits per heavy atom. The number of rotatable bonds is 9. The van der Waals surface area contributed by atoms with Gasteiger partial charge in [0.1, 0.15) is 0 Å². The van der Waals surface area contributed by atoms with Gasteiger partial charge in [-0.15, -0.1) is 0 Å². The van der Waals surface area contributed by atoms with Crippen LogP contribution in [0.5, 0.6) is 11.5 Å². The molecule has 1 aromatic carbocycles. The van der Waals surface area contributed by atoms with E-state index >= 15 is 0 Å². The molecule has 0 spiro atoms. The minimum atomic E-state index is -0.0974. The highest BCUT2D eigenvalue weighted by atomic mass is 16.5. The summed E-state index contributed by atoms with van der Waals surface area (Å²) in [6.07, 6.45) is 0.898. The molecule has 5 nitrogen and oxygen atoms in total. The van der Waals surface area contributed by atoms with Crippen LogP contribution in [0, 0.1) is 5.92 Å². The monoisotopic (exact) mass is 294 g/mol. The summed E-state index contributed by atoms with van der Waals surface area (Å²) in [6, 6.07) is 5.25. The summed E-state index contributed by atoms with van der Waals surface area (Å²) in [4.78, 5) is 12.0. The van der Waals surface area contributed by atoms with Crippen molar-refractivity contribution in [3.05, 3.63) is 23.8 Å². The van der Waals surface area contributed by atoms with Crippen molar-refractivity contribution in [1.29, 1.82) is 0 Å². The lowest BCUT2D eigenvalue weighted by Crippen LogP contribution is -2.26. The second kappa shape index (κ2) is 9.23. The van der Waals surface area contributed by atoms with Crippen molar-refractivity contribution in [2.24, 2.45) is 5.92 Å². The molecule has 1 aromatic rings. The van der Waals surface area contributed by atoms with Crippen LogP contribution in [0.4, 0.5) is 0 Å². The first-order valence-corrected chi connectivity index (χ1v) is 7.32. The lowest BCUT2D eigenvalue weighted by molar-refractivity contribution is 0.0953. The van der Waals surface area contributed by atoms with Crippen molar-refractivity contribution >= 4 is 5.91 Å². The topological polar surface area (TPSA) is 59.6 Å². The fourth-order valence-electron chi connectivity index (χ4n) is 1.75. The predicted octanol–water partition coefficient (Wildman–Crippen LogP) is 2.07. The third kappa shape index (κ3) is 6.04. The first-order valence-electron chi connectivity index (χ1n) is 7.32. The fourth-order valence-corrected chi connectivity index (χ4v) is 1.75. The van der Waals surface area contributed by atoms with Crippen molar-refractivity contribution in [1.82, 2.24) is 10.6 Å². The number of nitrogens with one attached hydrogen (secondary N) is 2. The number of carbonyl (C=O) groups excluding carboxylic acids is 1. The number of amides is 1. The predicted molar refractivity (Wildman–Crippen MR) is 84.2 cm³/mol. The summed E-state index contributed by atoms with van der Waals surface area (Å²) in [6.45, 7) is 6.31. The Bertz CT molecular complexity index is 447. The minimum Gasteiger partial charge on any atom is -0.493 e. The Kier molecular flexibility index (Phi) is 7.61. The van der Waals surface area contributed by atoms with Crippen LogP contribution in [0.1, 0.15) is 30.6 Å². The lowest BCUT2D eigenvalue weighted by atomic mass is 10.2. The largest absolute Gasteiger partial charge is 0.493 e. The molecule has 0 saturated carbocycles. The van der Waals surface area contributed by atoms with Crippen LogP contribution in [-0.4, -0.2) is 39.8 Å². The summed E-state index contributed by atoms with van der Waals surface area (Å²) in [5, 5.41) is 5.92. The molecule has 0 unspecified atom stereocenters. The van der Waals surface area contributed by atoms with Gasteiger partial charge in [0.05, 0.1) is 13.7 Å². The molecule has 0 aliphatic carbocycles. The van der Waals surface area contributed by atoms with E-state index in [9.17, 15) is 4.79 Å². The first kappa shape index (κ1) is 17.3. The zero-order valence-electron chi connectivity index (χ0n) is 13.4. The van der Waals surface area contributed by atoms with Crippen molar-refractivity contribution < 1.29 is 14.3 Å². The van der Waals surface area contributed by atoms with Crippen molar-refractivity contribution in [2.45, 2.75) is 20.3 Å². The molecule has 1 amide bonds. The lowest BCUT2D eigenvalue weighted by Gasteiger charge is -2.13. The van der Waals surface area contributed by atoms with Crippen molar-refractivity contribution in [3.63, 3.8) is 0 Å². The molecule has 0 fully saturated rings. The van der Waals surface area contributed by atoms with Crippen LogP contribution in [-0.2, 0) is 0 Å². The number of ether oxygens (including phenoxy) is 2. The Morgan fingerprint density at radius 1 is 1.24 bits per heavy atom. The molecular formula is C16H26N2O3. The third-order valence-electron chi connectivity index (χ3n) is 2.89. The SMILES string of the molecule is CNCCCNC(=O)c1ccc(OCC(C)C)c(OC)c1. The van der Waals surface area contributed by atoms with Crippen LogP contribution in [0.15, 0.2) is 18.2 Å². The molecule has 21 heavy (non-hydrogen) atoms. The van der Waals surface area contributed by atoms with E-state index in [2.05, 4.69) is 24.5 Å². The van der Waals surface area contributed by atoms with E-state index in [-0.39, 0.29) is 5.91 Å². The molecule has 0 heterocycles. The van der Waals surface area contributed by atoms with Crippen LogP contribution >= 0.6 is 0 Å². The van der Waals surface area contributed by atoms with Crippen molar-refractivity contribution in [2.75, 3.05) is 33.9 Å². The maximum atomic E-state index is 12.0. The number of carbonyl (C=O) groups is 1. The Balaban J connectivity index is 2.65. The number of hydrogen-bond donors (Lipinski definition) is 2. The third-order valence-corrected chi connectivity index (χ3v) is 2.89. The van der Waals surface area contributed by atoms with Gasteiger partial charge >= 0.3 is 0 Å². The number of hydrogen-bond acceptors (Lipinski definition) is 4. The van der Waals surface area contributed by atoms with Gasteiger partial charge in [0.15, 0.2) is 11.5 Å². The van der Waals surface area contributed by atoms with Gasteiger partial charge in [-0.05, 0) is 44.1 Å². The summed E-state index contributed by atoms with van der Waals surface area (Å²) in [5.74, 6) is 1.58. The van der Waals surface area contributed by atoms with Crippen LogP contribution in [0.25, 0.3) is 0 Å². The van der Waals surface area contributed by atoms with E-state index in [1.165, 1.54) is 0 Å². The first-order chi connectivity index (χ1) is 10.1. The van der Waals surface area contributed by atoms with Gasteiger partial charge in [-0.25, -0.2) is 0 Å². The molecule has 2 N–H and O–H groups in total. The molecule has 0 bridgehead atoms. The smallest absolute Gasteiger partial charge is 0.251 e. The molecule has 1 rings (SSSR count). The van der Waals surface area contributed by atoms with Gasteiger partial charge < -0.3 is 20.1 Å². The van der Waals surface area contributed by atoms with Crippen LogP contribution < -0.4 is 20.1 Å². The maximum absolute atomic E-state index is 12.0.